The van der Waals surface area contributed by atoms with Gasteiger partial charge in [0.1, 0.15) is 11.3 Å². The Morgan fingerprint density at radius 3 is 2.96 bits per heavy atom. The van der Waals surface area contributed by atoms with E-state index in [1.54, 1.807) is 6.08 Å². The topological polar surface area (TPSA) is 61.8 Å². The van der Waals surface area contributed by atoms with Gasteiger partial charge >= 0.3 is 11.9 Å². The van der Waals surface area contributed by atoms with E-state index in [1.807, 2.05) is 24.3 Å². The van der Waals surface area contributed by atoms with Gasteiger partial charge < -0.3 is 14.2 Å². The molecule has 0 N–H and O–H groups in total. The van der Waals surface area contributed by atoms with Crippen molar-refractivity contribution in [3.8, 4) is 0 Å². The first kappa shape index (κ1) is 16.3. The molecular weight excluding hydrogens is 320 g/mol. The minimum Gasteiger partial charge on any atom is -0.468 e. The van der Waals surface area contributed by atoms with Crippen molar-refractivity contribution in [2.75, 3.05) is 26.9 Å². The predicted octanol–water partition coefficient (Wildman–Crippen LogP) is 2.28. The number of carbonyl (C=O) groups is 2. The standard InChI is InChI=1S/C20H22O5/c1-19-11-13-5-3-6-14-15(17(21)23-2)7-8-20(19,16(13)14)18(22)25-10-4-9-24-12-19/h3,5-8,15H,4,9-12H2,1-2H3/t15-,19-,20+/m1/s1. The normalized spacial score (nSPS) is 33.4. The molecule has 0 saturated carbocycles. The third-order valence-electron chi connectivity index (χ3n) is 5.85. The van der Waals surface area contributed by atoms with Crippen LogP contribution in [-0.2, 0) is 35.6 Å². The zero-order valence-electron chi connectivity index (χ0n) is 14.5. The van der Waals surface area contributed by atoms with Crippen LogP contribution in [0.1, 0.15) is 36.0 Å². The van der Waals surface area contributed by atoms with Crippen molar-refractivity contribution >= 4 is 11.9 Å². The lowest BCUT2D eigenvalue weighted by atomic mass is 9.61. The molecule has 1 spiro atoms. The lowest BCUT2D eigenvalue weighted by molar-refractivity contribution is -0.153. The summed E-state index contributed by atoms with van der Waals surface area (Å²) in [5.74, 6) is -1.05. The van der Waals surface area contributed by atoms with E-state index in [0.29, 0.717) is 32.7 Å². The van der Waals surface area contributed by atoms with Gasteiger partial charge in [0.2, 0.25) is 0 Å². The second-order valence-corrected chi connectivity index (χ2v) is 7.33. The van der Waals surface area contributed by atoms with E-state index >= 15 is 0 Å². The van der Waals surface area contributed by atoms with E-state index in [1.165, 1.54) is 7.11 Å². The first-order valence-corrected chi connectivity index (χ1v) is 8.68. The molecule has 0 amide bonds. The minimum atomic E-state index is -0.909. The van der Waals surface area contributed by atoms with Crippen LogP contribution in [0.4, 0.5) is 0 Å². The molecule has 1 heterocycles. The maximum absolute atomic E-state index is 13.2. The van der Waals surface area contributed by atoms with E-state index in [2.05, 4.69) is 6.92 Å². The SMILES string of the molecule is COC(=O)[C@@H]1C=C[C@]23C(=O)OCCCOC[C@@]2(C)Cc2cccc1c23. The molecule has 1 aliphatic heterocycles. The molecular formula is C20H22O5. The summed E-state index contributed by atoms with van der Waals surface area (Å²) >= 11 is 0. The van der Waals surface area contributed by atoms with E-state index < -0.39 is 16.7 Å². The molecule has 0 aromatic heterocycles. The Balaban J connectivity index is 1.95. The third kappa shape index (κ3) is 2.11. The Bertz CT molecular complexity index is 767. The molecule has 3 aliphatic rings. The average Bonchev–Trinajstić information content (AvgIpc) is 2.90. The number of hydrogen-bond acceptors (Lipinski definition) is 5. The maximum atomic E-state index is 13.2. The second kappa shape index (κ2) is 5.70. The number of carbonyl (C=O) groups excluding carboxylic acids is 2. The molecule has 0 unspecified atom stereocenters. The highest BCUT2D eigenvalue weighted by atomic mass is 16.5. The number of hydrogen-bond donors (Lipinski definition) is 0. The smallest absolute Gasteiger partial charge is 0.321 e. The van der Waals surface area contributed by atoms with Crippen LogP contribution >= 0.6 is 0 Å². The van der Waals surface area contributed by atoms with E-state index in [4.69, 9.17) is 14.2 Å². The largest absolute Gasteiger partial charge is 0.468 e. The lowest BCUT2D eigenvalue weighted by Gasteiger charge is -2.42. The third-order valence-corrected chi connectivity index (χ3v) is 5.85. The number of methoxy groups -OCH3 is 1. The Hall–Kier alpha value is -2.14. The van der Waals surface area contributed by atoms with Gasteiger partial charge in [-0.25, -0.2) is 0 Å². The van der Waals surface area contributed by atoms with Crippen molar-refractivity contribution in [1.29, 1.82) is 0 Å². The molecule has 1 saturated heterocycles. The van der Waals surface area contributed by atoms with Gasteiger partial charge in [-0.3, -0.25) is 9.59 Å². The molecule has 1 aromatic carbocycles. The summed E-state index contributed by atoms with van der Waals surface area (Å²) in [6.07, 6.45) is 5.06. The van der Waals surface area contributed by atoms with Gasteiger partial charge in [-0.1, -0.05) is 37.3 Å². The Morgan fingerprint density at radius 2 is 2.16 bits per heavy atom. The fourth-order valence-electron chi connectivity index (χ4n) is 4.65. The molecule has 3 atom stereocenters. The van der Waals surface area contributed by atoms with Gasteiger partial charge in [0, 0.05) is 18.4 Å². The number of esters is 2. The second-order valence-electron chi connectivity index (χ2n) is 7.33. The average molecular weight is 342 g/mol. The van der Waals surface area contributed by atoms with Crippen LogP contribution in [0.25, 0.3) is 0 Å². The molecule has 0 radical (unpaired) electrons. The lowest BCUT2D eigenvalue weighted by Crippen LogP contribution is -2.50. The summed E-state index contributed by atoms with van der Waals surface area (Å²) in [6, 6.07) is 5.89. The van der Waals surface area contributed by atoms with E-state index in [9.17, 15) is 9.59 Å². The molecule has 1 fully saturated rings. The summed E-state index contributed by atoms with van der Waals surface area (Å²) in [4.78, 5) is 25.5. The van der Waals surface area contributed by atoms with E-state index in [-0.39, 0.29) is 11.9 Å². The van der Waals surface area contributed by atoms with Crippen LogP contribution < -0.4 is 0 Å². The van der Waals surface area contributed by atoms with Crippen LogP contribution in [-0.4, -0.2) is 38.9 Å². The van der Waals surface area contributed by atoms with Gasteiger partial charge in [0.25, 0.3) is 0 Å². The number of rotatable bonds is 1. The number of benzene rings is 1. The van der Waals surface area contributed by atoms with Gasteiger partial charge in [-0.15, -0.1) is 0 Å². The van der Waals surface area contributed by atoms with Crippen LogP contribution in [0.5, 0.6) is 0 Å². The summed E-state index contributed by atoms with van der Waals surface area (Å²) in [5, 5.41) is 0. The highest BCUT2D eigenvalue weighted by Crippen LogP contribution is 2.58. The molecule has 25 heavy (non-hydrogen) atoms. The van der Waals surface area contributed by atoms with Crippen molar-refractivity contribution in [3.05, 3.63) is 47.0 Å². The van der Waals surface area contributed by atoms with Crippen molar-refractivity contribution in [3.63, 3.8) is 0 Å². The fourth-order valence-corrected chi connectivity index (χ4v) is 4.65. The first-order chi connectivity index (χ1) is 12.0. The predicted molar refractivity (Wildman–Crippen MR) is 90.2 cm³/mol. The van der Waals surface area contributed by atoms with Crippen LogP contribution in [0.2, 0.25) is 0 Å². The summed E-state index contributed by atoms with van der Waals surface area (Å²) < 4.78 is 16.5. The monoisotopic (exact) mass is 342 g/mol. The molecule has 4 rings (SSSR count). The molecule has 1 aromatic rings. The Labute approximate surface area is 146 Å². The van der Waals surface area contributed by atoms with E-state index in [0.717, 1.165) is 16.7 Å². The van der Waals surface area contributed by atoms with Crippen LogP contribution in [0, 0.1) is 5.41 Å². The maximum Gasteiger partial charge on any atom is 0.321 e. The zero-order valence-corrected chi connectivity index (χ0v) is 14.5. The van der Waals surface area contributed by atoms with Gasteiger partial charge in [-0.2, -0.15) is 0 Å². The summed E-state index contributed by atoms with van der Waals surface area (Å²) in [7, 11) is 1.38. The van der Waals surface area contributed by atoms with Crippen LogP contribution in [0.15, 0.2) is 30.4 Å². The number of cyclic esters (lactones) is 1. The summed E-state index contributed by atoms with van der Waals surface area (Å²) in [6.45, 7) is 3.48. The van der Waals surface area contributed by atoms with Crippen molar-refractivity contribution in [1.82, 2.24) is 0 Å². The van der Waals surface area contributed by atoms with Crippen molar-refractivity contribution in [2.45, 2.75) is 31.1 Å². The number of ether oxygens (including phenoxy) is 3. The van der Waals surface area contributed by atoms with Crippen molar-refractivity contribution < 1.29 is 23.8 Å². The Morgan fingerprint density at radius 1 is 1.32 bits per heavy atom. The highest BCUT2D eigenvalue weighted by Gasteiger charge is 2.62. The molecule has 0 bridgehead atoms. The molecule has 2 aliphatic carbocycles. The van der Waals surface area contributed by atoms with Gasteiger partial charge in [-0.05, 0) is 23.1 Å². The zero-order chi connectivity index (χ0) is 17.7. The molecule has 5 heteroatoms. The van der Waals surface area contributed by atoms with Gasteiger partial charge in [0.15, 0.2) is 0 Å². The minimum absolute atomic E-state index is 0.244. The first-order valence-electron chi connectivity index (χ1n) is 8.68. The highest BCUT2D eigenvalue weighted by molar-refractivity contribution is 5.93. The molecule has 5 nitrogen and oxygen atoms in total. The van der Waals surface area contributed by atoms with Gasteiger partial charge in [0.05, 0.1) is 20.3 Å². The molecule has 132 valence electrons. The fraction of sp³-hybridized carbons (Fsp3) is 0.500. The van der Waals surface area contributed by atoms with Crippen LogP contribution in [0.3, 0.4) is 0 Å². The quantitative estimate of drug-likeness (QED) is 0.579. The Kier molecular flexibility index (Phi) is 3.72. The summed E-state index contributed by atoms with van der Waals surface area (Å²) in [5.41, 5.74) is 1.48. The van der Waals surface area contributed by atoms with Crippen molar-refractivity contribution in [2.24, 2.45) is 5.41 Å².